The fourth-order valence-electron chi connectivity index (χ4n) is 3.02. The van der Waals surface area contributed by atoms with Gasteiger partial charge in [0.1, 0.15) is 0 Å². The molecule has 3 aromatic rings. The molecule has 4 nitrogen and oxygen atoms in total. The molecule has 0 saturated carbocycles. The normalized spacial score (nSPS) is 11.3. The Morgan fingerprint density at radius 2 is 1.86 bits per heavy atom. The second kappa shape index (κ2) is 11.0. The van der Waals surface area contributed by atoms with Crippen LogP contribution in [-0.2, 0) is 4.79 Å². The highest BCUT2D eigenvalue weighted by molar-refractivity contribution is 7.99. The summed E-state index contributed by atoms with van der Waals surface area (Å²) in [6, 6.07) is 15.9. The maximum absolute atomic E-state index is 13.1. The summed E-state index contributed by atoms with van der Waals surface area (Å²) in [5.41, 5.74) is 0.883. The third-order valence-corrected chi connectivity index (χ3v) is 7.02. The molecule has 1 aromatic heterocycles. The molecule has 0 aliphatic heterocycles. The maximum atomic E-state index is 13.1. The summed E-state index contributed by atoms with van der Waals surface area (Å²) in [5.74, 6) is 0.868. The van der Waals surface area contributed by atoms with Crippen molar-refractivity contribution >= 4 is 56.0 Å². The average Bonchev–Trinajstić information content (AvgIpc) is 3.14. The van der Waals surface area contributed by atoms with E-state index in [4.69, 9.17) is 16.6 Å². The van der Waals surface area contributed by atoms with Crippen LogP contribution in [0.4, 0.5) is 5.13 Å². The highest BCUT2D eigenvalue weighted by atomic mass is 35.5. The highest BCUT2D eigenvalue weighted by Gasteiger charge is 2.20. The summed E-state index contributed by atoms with van der Waals surface area (Å²) in [5, 5.41) is 1.44. The summed E-state index contributed by atoms with van der Waals surface area (Å²) in [7, 11) is 0. The smallest absolute Gasteiger partial charge is 0.229 e. The molecule has 0 aliphatic carbocycles. The molecule has 0 spiro atoms. The molecule has 1 heterocycles. The van der Waals surface area contributed by atoms with Gasteiger partial charge in [-0.05, 0) is 43.4 Å². The Kier molecular flexibility index (Phi) is 8.36. The molecule has 1 amide bonds. The second-order valence-electron chi connectivity index (χ2n) is 6.59. The standard InChI is InChI=1S/C22H26ClN3OS2/c1-3-25(4-2)13-14-26(21(27)12-15-28-18-8-6-5-7-9-18)22-24-19-11-10-17(23)16-20(19)29-22/h5-11,16H,3-4,12-15H2,1-2H3. The van der Waals surface area contributed by atoms with Gasteiger partial charge in [-0.1, -0.05) is 55.0 Å². The fourth-order valence-corrected chi connectivity index (χ4v) is 5.16. The third kappa shape index (κ3) is 6.19. The minimum atomic E-state index is 0.116. The minimum Gasteiger partial charge on any atom is -0.302 e. The van der Waals surface area contributed by atoms with Crippen LogP contribution in [0.1, 0.15) is 20.3 Å². The zero-order valence-electron chi connectivity index (χ0n) is 16.8. The first-order chi connectivity index (χ1) is 14.1. The summed E-state index contributed by atoms with van der Waals surface area (Å²) in [6.45, 7) is 7.71. The lowest BCUT2D eigenvalue weighted by Crippen LogP contribution is -2.39. The molecule has 0 N–H and O–H groups in total. The predicted molar refractivity (Wildman–Crippen MR) is 127 cm³/mol. The van der Waals surface area contributed by atoms with Gasteiger partial charge in [-0.2, -0.15) is 0 Å². The molecule has 7 heteroatoms. The van der Waals surface area contributed by atoms with Crippen LogP contribution in [0, 0.1) is 0 Å². The number of hydrogen-bond donors (Lipinski definition) is 0. The summed E-state index contributed by atoms with van der Waals surface area (Å²) in [4.78, 5) is 23.2. The van der Waals surface area contributed by atoms with Crippen molar-refractivity contribution in [3.8, 4) is 0 Å². The van der Waals surface area contributed by atoms with Crippen LogP contribution in [0.5, 0.6) is 0 Å². The summed E-state index contributed by atoms with van der Waals surface area (Å²) >= 11 is 9.36. The summed E-state index contributed by atoms with van der Waals surface area (Å²) in [6.07, 6.45) is 0.481. The molecule has 3 rings (SSSR count). The number of anilines is 1. The third-order valence-electron chi connectivity index (χ3n) is 4.73. The van der Waals surface area contributed by atoms with Crippen molar-refractivity contribution in [2.24, 2.45) is 0 Å². The van der Waals surface area contributed by atoms with E-state index in [2.05, 4.69) is 30.9 Å². The molecule has 0 aliphatic rings. The van der Waals surface area contributed by atoms with Gasteiger partial charge in [0.2, 0.25) is 5.91 Å². The number of benzene rings is 2. The number of nitrogens with zero attached hydrogens (tertiary/aromatic N) is 3. The van der Waals surface area contributed by atoms with Crippen LogP contribution in [0.15, 0.2) is 53.4 Å². The number of thiazole rings is 1. The molecular weight excluding hydrogens is 422 g/mol. The predicted octanol–water partition coefficient (Wildman–Crippen LogP) is 5.81. The molecule has 2 aromatic carbocycles. The van der Waals surface area contributed by atoms with Gasteiger partial charge in [0.25, 0.3) is 0 Å². The first kappa shape index (κ1) is 22.1. The van der Waals surface area contributed by atoms with Gasteiger partial charge >= 0.3 is 0 Å². The lowest BCUT2D eigenvalue weighted by Gasteiger charge is -2.24. The average molecular weight is 448 g/mol. The number of amides is 1. The van der Waals surface area contributed by atoms with E-state index >= 15 is 0 Å². The number of halogens is 1. The van der Waals surface area contributed by atoms with Gasteiger partial charge in [-0.25, -0.2) is 4.98 Å². The first-order valence-electron chi connectivity index (χ1n) is 9.87. The van der Waals surface area contributed by atoms with Gasteiger partial charge in [-0.15, -0.1) is 11.8 Å². The van der Waals surface area contributed by atoms with E-state index < -0.39 is 0 Å². The topological polar surface area (TPSA) is 36.4 Å². The van der Waals surface area contributed by atoms with Crippen molar-refractivity contribution in [1.29, 1.82) is 0 Å². The molecule has 0 atom stereocenters. The van der Waals surface area contributed by atoms with Crippen molar-refractivity contribution in [2.75, 3.05) is 36.8 Å². The van der Waals surface area contributed by atoms with Crippen molar-refractivity contribution in [2.45, 2.75) is 25.2 Å². The van der Waals surface area contributed by atoms with E-state index in [0.29, 0.717) is 18.0 Å². The van der Waals surface area contributed by atoms with Gasteiger partial charge < -0.3 is 4.90 Å². The SMILES string of the molecule is CCN(CC)CCN(C(=O)CCSc1ccccc1)c1nc2ccc(Cl)cc2s1. The first-order valence-corrected chi connectivity index (χ1v) is 12.1. The van der Waals surface area contributed by atoms with E-state index in [9.17, 15) is 4.79 Å². The fraction of sp³-hybridized carbons (Fsp3) is 0.364. The van der Waals surface area contributed by atoms with E-state index in [1.165, 1.54) is 16.2 Å². The maximum Gasteiger partial charge on any atom is 0.229 e. The number of fused-ring (bicyclic) bond motifs is 1. The van der Waals surface area contributed by atoms with E-state index in [1.54, 1.807) is 11.8 Å². The van der Waals surface area contributed by atoms with Crippen LogP contribution >= 0.6 is 34.7 Å². The summed E-state index contributed by atoms with van der Waals surface area (Å²) < 4.78 is 1.01. The Morgan fingerprint density at radius 3 is 2.59 bits per heavy atom. The highest BCUT2D eigenvalue weighted by Crippen LogP contribution is 2.31. The second-order valence-corrected chi connectivity index (χ2v) is 9.21. The number of likely N-dealkylation sites (N-methyl/N-ethyl adjacent to an activating group) is 1. The van der Waals surface area contributed by atoms with Gasteiger partial charge in [0, 0.05) is 35.2 Å². The molecular formula is C22H26ClN3OS2. The van der Waals surface area contributed by atoms with Crippen LogP contribution in [-0.4, -0.2) is 47.7 Å². The van der Waals surface area contributed by atoms with E-state index in [-0.39, 0.29) is 5.91 Å². The van der Waals surface area contributed by atoms with Gasteiger partial charge in [0.15, 0.2) is 5.13 Å². The van der Waals surface area contributed by atoms with Crippen molar-refractivity contribution < 1.29 is 4.79 Å². The largest absolute Gasteiger partial charge is 0.302 e. The van der Waals surface area contributed by atoms with Crippen molar-refractivity contribution in [3.63, 3.8) is 0 Å². The van der Waals surface area contributed by atoms with Crippen LogP contribution in [0.2, 0.25) is 5.02 Å². The molecule has 0 fully saturated rings. The quantitative estimate of drug-likeness (QED) is 0.367. The number of hydrogen-bond acceptors (Lipinski definition) is 5. The lowest BCUT2D eigenvalue weighted by molar-refractivity contribution is -0.118. The monoisotopic (exact) mass is 447 g/mol. The molecule has 0 saturated heterocycles. The number of rotatable bonds is 10. The van der Waals surface area contributed by atoms with Crippen molar-refractivity contribution in [3.05, 3.63) is 53.6 Å². The molecule has 0 radical (unpaired) electrons. The number of carbonyl (C=O) groups excluding carboxylic acids is 1. The van der Waals surface area contributed by atoms with E-state index in [1.807, 2.05) is 41.3 Å². The molecule has 0 bridgehead atoms. The number of thioether (sulfide) groups is 1. The minimum absolute atomic E-state index is 0.116. The van der Waals surface area contributed by atoms with Crippen LogP contribution in [0.25, 0.3) is 10.2 Å². The Morgan fingerprint density at radius 1 is 1.10 bits per heavy atom. The molecule has 154 valence electrons. The lowest BCUT2D eigenvalue weighted by atomic mass is 10.3. The van der Waals surface area contributed by atoms with E-state index in [0.717, 1.165) is 40.7 Å². The van der Waals surface area contributed by atoms with Gasteiger partial charge in [-0.3, -0.25) is 9.69 Å². The Balaban J connectivity index is 1.72. The molecule has 29 heavy (non-hydrogen) atoms. The Labute approximate surface area is 185 Å². The number of aromatic nitrogens is 1. The van der Waals surface area contributed by atoms with Gasteiger partial charge in [0.05, 0.1) is 10.2 Å². The zero-order valence-corrected chi connectivity index (χ0v) is 19.2. The van der Waals surface area contributed by atoms with Crippen molar-refractivity contribution in [1.82, 2.24) is 9.88 Å². The van der Waals surface area contributed by atoms with Crippen LogP contribution in [0.3, 0.4) is 0 Å². The molecule has 0 unspecified atom stereocenters. The Bertz CT molecular complexity index is 928. The number of carbonyl (C=O) groups is 1. The zero-order chi connectivity index (χ0) is 20.6. The Hall–Kier alpha value is -1.60. The van der Waals surface area contributed by atoms with Crippen LogP contribution < -0.4 is 4.90 Å².